The minimum atomic E-state index is -0.491. The van der Waals surface area contributed by atoms with Crippen molar-refractivity contribution in [1.29, 1.82) is 0 Å². The Balaban J connectivity index is 1.85. The summed E-state index contributed by atoms with van der Waals surface area (Å²) in [6.07, 6.45) is 0.975. The van der Waals surface area contributed by atoms with Crippen molar-refractivity contribution in [2.24, 2.45) is 0 Å². The number of nitrogens with one attached hydrogen (secondary N) is 1. The lowest BCUT2D eigenvalue weighted by molar-refractivity contribution is 0.0528. The van der Waals surface area contributed by atoms with Crippen molar-refractivity contribution in [3.63, 3.8) is 0 Å². The van der Waals surface area contributed by atoms with Gasteiger partial charge in [0.1, 0.15) is 11.4 Å². The van der Waals surface area contributed by atoms with Gasteiger partial charge in [-0.1, -0.05) is 24.3 Å². The number of hydrogen-bond acceptors (Lipinski definition) is 4. The molecule has 23 heavy (non-hydrogen) atoms. The molecule has 0 aliphatic carbocycles. The highest BCUT2D eigenvalue weighted by molar-refractivity contribution is 5.72. The summed E-state index contributed by atoms with van der Waals surface area (Å²) in [5, 5.41) is 2.73. The van der Waals surface area contributed by atoms with Gasteiger partial charge < -0.3 is 14.5 Å². The Morgan fingerprint density at radius 1 is 1.17 bits per heavy atom. The summed E-state index contributed by atoms with van der Waals surface area (Å²) >= 11 is 0. The van der Waals surface area contributed by atoms with Crippen LogP contribution < -0.4 is 5.32 Å². The first-order chi connectivity index (χ1) is 10.9. The van der Waals surface area contributed by atoms with Crippen LogP contribution in [0.3, 0.4) is 0 Å². The van der Waals surface area contributed by atoms with Gasteiger partial charge in [-0.2, -0.15) is 0 Å². The second-order valence-corrected chi connectivity index (χ2v) is 6.20. The summed E-state index contributed by atoms with van der Waals surface area (Å²) in [5.74, 6) is 0.969. The molecule has 1 amide bonds. The molecule has 0 aliphatic rings. The number of alkyl carbamates (subject to hydrolysis) is 1. The molecule has 5 nitrogen and oxygen atoms in total. The molecule has 0 unspecified atom stereocenters. The Bertz CT molecular complexity index is 665. The number of benzene rings is 1. The molecule has 5 heteroatoms. The van der Waals surface area contributed by atoms with E-state index in [1.165, 1.54) is 0 Å². The van der Waals surface area contributed by atoms with Crippen LogP contribution in [-0.4, -0.2) is 24.5 Å². The monoisotopic (exact) mass is 315 g/mol. The molecule has 0 radical (unpaired) electrons. The predicted molar refractivity (Wildman–Crippen MR) is 87.5 cm³/mol. The second kappa shape index (κ2) is 7.13. The van der Waals surface area contributed by atoms with Gasteiger partial charge in [-0.05, 0) is 44.9 Å². The summed E-state index contributed by atoms with van der Waals surface area (Å²) in [6.45, 7) is 5.99. The summed E-state index contributed by atoms with van der Waals surface area (Å²) < 4.78 is 10.6. The fourth-order valence-corrected chi connectivity index (χ4v) is 2.03. The average Bonchev–Trinajstić information content (AvgIpc) is 2.95. The molecular formula is C18H21NO4. The van der Waals surface area contributed by atoms with Crippen molar-refractivity contribution in [3.8, 4) is 11.3 Å². The fourth-order valence-electron chi connectivity index (χ4n) is 2.03. The lowest BCUT2D eigenvalue weighted by Crippen LogP contribution is -2.33. The number of furan rings is 1. The van der Waals surface area contributed by atoms with Crippen LogP contribution in [0.25, 0.3) is 11.3 Å². The molecular weight excluding hydrogens is 294 g/mol. The first kappa shape index (κ1) is 16.8. The third-order valence-electron chi connectivity index (χ3n) is 3.06. The topological polar surface area (TPSA) is 68.5 Å². The van der Waals surface area contributed by atoms with Gasteiger partial charge in [-0.25, -0.2) is 4.79 Å². The van der Waals surface area contributed by atoms with Crippen molar-refractivity contribution >= 4 is 12.4 Å². The van der Waals surface area contributed by atoms with E-state index < -0.39 is 11.7 Å². The van der Waals surface area contributed by atoms with Crippen molar-refractivity contribution < 1.29 is 18.7 Å². The van der Waals surface area contributed by atoms with Crippen LogP contribution in [0.5, 0.6) is 0 Å². The molecule has 2 aromatic rings. The van der Waals surface area contributed by atoms with Crippen molar-refractivity contribution in [2.45, 2.75) is 32.8 Å². The van der Waals surface area contributed by atoms with Crippen LogP contribution >= 0.6 is 0 Å². The predicted octanol–water partition coefficient (Wildman–Crippen LogP) is 3.83. The van der Waals surface area contributed by atoms with Crippen molar-refractivity contribution in [2.75, 3.05) is 6.54 Å². The first-order valence-corrected chi connectivity index (χ1v) is 7.48. The molecule has 0 bridgehead atoms. The van der Waals surface area contributed by atoms with Gasteiger partial charge in [0, 0.05) is 12.1 Å². The van der Waals surface area contributed by atoms with Gasteiger partial charge >= 0.3 is 6.09 Å². The highest BCUT2D eigenvalue weighted by Crippen LogP contribution is 2.22. The maximum atomic E-state index is 11.5. The molecule has 0 saturated carbocycles. The average molecular weight is 315 g/mol. The third kappa shape index (κ3) is 5.29. The molecule has 0 atom stereocenters. The number of ether oxygens (including phenoxy) is 1. The maximum absolute atomic E-state index is 11.5. The van der Waals surface area contributed by atoms with E-state index in [-0.39, 0.29) is 0 Å². The van der Waals surface area contributed by atoms with Crippen molar-refractivity contribution in [1.82, 2.24) is 5.32 Å². The Labute approximate surface area is 135 Å². The summed E-state index contributed by atoms with van der Waals surface area (Å²) in [4.78, 5) is 22.2. The third-order valence-corrected chi connectivity index (χ3v) is 3.06. The Morgan fingerprint density at radius 2 is 1.87 bits per heavy atom. The van der Waals surface area contributed by atoms with Gasteiger partial charge in [0.15, 0.2) is 12.0 Å². The molecule has 1 N–H and O–H groups in total. The van der Waals surface area contributed by atoms with Crippen LogP contribution in [0.2, 0.25) is 0 Å². The molecule has 1 heterocycles. The number of carbonyl (C=O) groups is 2. The van der Waals surface area contributed by atoms with Gasteiger partial charge in [0.05, 0.1) is 0 Å². The standard InChI is InChI=1S/C18H21NO4/c1-18(2,3)23-17(21)19-11-10-13-4-6-14(7-5-13)16-9-8-15(12-20)22-16/h4-9,12H,10-11H2,1-3H3,(H,19,21). The minimum absolute atomic E-state index is 0.311. The first-order valence-electron chi connectivity index (χ1n) is 7.48. The van der Waals surface area contributed by atoms with E-state index in [0.29, 0.717) is 30.8 Å². The zero-order valence-electron chi connectivity index (χ0n) is 13.6. The normalized spacial score (nSPS) is 11.1. The number of carbonyl (C=O) groups excluding carboxylic acids is 2. The van der Waals surface area contributed by atoms with E-state index in [1.807, 2.05) is 45.0 Å². The van der Waals surface area contributed by atoms with Crippen LogP contribution in [0.1, 0.15) is 36.9 Å². The van der Waals surface area contributed by atoms with Gasteiger partial charge in [0.2, 0.25) is 0 Å². The molecule has 0 saturated heterocycles. The molecule has 2 rings (SSSR count). The van der Waals surface area contributed by atoms with Gasteiger partial charge in [-0.3, -0.25) is 4.79 Å². The highest BCUT2D eigenvalue weighted by Gasteiger charge is 2.15. The molecule has 0 aliphatic heterocycles. The van der Waals surface area contributed by atoms with Crippen molar-refractivity contribution in [3.05, 3.63) is 47.7 Å². The van der Waals surface area contributed by atoms with Crippen LogP contribution in [-0.2, 0) is 11.2 Å². The fraction of sp³-hybridized carbons (Fsp3) is 0.333. The molecule has 122 valence electrons. The number of aldehydes is 1. The van der Waals surface area contributed by atoms with Crippen LogP contribution in [0.15, 0.2) is 40.8 Å². The molecule has 0 spiro atoms. The minimum Gasteiger partial charge on any atom is -0.453 e. The molecule has 1 aromatic carbocycles. The quantitative estimate of drug-likeness (QED) is 0.852. The molecule has 0 fully saturated rings. The second-order valence-electron chi connectivity index (χ2n) is 6.20. The van der Waals surface area contributed by atoms with E-state index in [1.54, 1.807) is 12.1 Å². The van der Waals surface area contributed by atoms with Crippen LogP contribution in [0.4, 0.5) is 4.79 Å². The summed E-state index contributed by atoms with van der Waals surface area (Å²) in [5.41, 5.74) is 1.50. The number of amides is 1. The van der Waals surface area contributed by atoms with E-state index >= 15 is 0 Å². The summed E-state index contributed by atoms with van der Waals surface area (Å²) in [6, 6.07) is 11.2. The van der Waals surface area contributed by atoms with E-state index in [4.69, 9.17) is 9.15 Å². The van der Waals surface area contributed by atoms with Gasteiger partial charge in [-0.15, -0.1) is 0 Å². The van der Waals surface area contributed by atoms with Gasteiger partial charge in [0.25, 0.3) is 0 Å². The highest BCUT2D eigenvalue weighted by atomic mass is 16.6. The smallest absolute Gasteiger partial charge is 0.407 e. The van der Waals surface area contributed by atoms with E-state index in [0.717, 1.165) is 11.1 Å². The van der Waals surface area contributed by atoms with Crippen LogP contribution in [0, 0.1) is 0 Å². The number of rotatable bonds is 5. The zero-order chi connectivity index (χ0) is 16.9. The lowest BCUT2D eigenvalue weighted by Gasteiger charge is -2.19. The molecule has 1 aromatic heterocycles. The largest absolute Gasteiger partial charge is 0.453 e. The maximum Gasteiger partial charge on any atom is 0.407 e. The van der Waals surface area contributed by atoms with E-state index in [9.17, 15) is 9.59 Å². The lowest BCUT2D eigenvalue weighted by atomic mass is 10.1. The summed E-state index contributed by atoms with van der Waals surface area (Å²) in [7, 11) is 0. The number of hydrogen-bond donors (Lipinski definition) is 1. The Kier molecular flexibility index (Phi) is 5.21. The van der Waals surface area contributed by atoms with E-state index in [2.05, 4.69) is 5.32 Å². The Morgan fingerprint density at radius 3 is 2.43 bits per heavy atom. The Hall–Kier alpha value is -2.56. The zero-order valence-corrected chi connectivity index (χ0v) is 13.6. The SMILES string of the molecule is CC(C)(C)OC(=O)NCCc1ccc(-c2ccc(C=O)o2)cc1.